The van der Waals surface area contributed by atoms with E-state index >= 15 is 0 Å². The second-order valence-electron chi connectivity index (χ2n) is 8.14. The van der Waals surface area contributed by atoms with E-state index in [1.54, 1.807) is 45.5 Å². The van der Waals surface area contributed by atoms with Gasteiger partial charge in [-0.1, -0.05) is 11.6 Å². The molecule has 1 fully saturated rings. The molecular weight excluding hydrogens is 459 g/mol. The van der Waals surface area contributed by atoms with Crippen molar-refractivity contribution in [2.24, 2.45) is 7.05 Å². The molecule has 1 aliphatic rings. The third kappa shape index (κ3) is 3.83. The lowest BCUT2D eigenvalue weighted by atomic mass is 9.87. The molecule has 9 nitrogen and oxygen atoms in total. The molecule has 0 bridgehead atoms. The number of halogens is 4. The third-order valence-corrected chi connectivity index (χ3v) is 5.89. The molecular formula is C20H17ClF3N9. The summed E-state index contributed by atoms with van der Waals surface area (Å²) in [5, 5.41) is 18.2. The van der Waals surface area contributed by atoms with Gasteiger partial charge in [-0.25, -0.2) is 9.97 Å². The van der Waals surface area contributed by atoms with Crippen molar-refractivity contribution in [1.29, 1.82) is 5.26 Å². The van der Waals surface area contributed by atoms with E-state index in [4.69, 9.17) is 16.6 Å². The fourth-order valence-corrected chi connectivity index (χ4v) is 4.42. The molecule has 1 aliphatic heterocycles. The Kier molecular flexibility index (Phi) is 4.91. The van der Waals surface area contributed by atoms with Crippen molar-refractivity contribution < 1.29 is 13.2 Å². The molecule has 0 atom stereocenters. The van der Waals surface area contributed by atoms with Gasteiger partial charge in [-0.15, -0.1) is 0 Å². The van der Waals surface area contributed by atoms with Crippen LogP contribution >= 0.6 is 11.6 Å². The average Bonchev–Trinajstić information content (AvgIpc) is 3.45. The van der Waals surface area contributed by atoms with Crippen LogP contribution in [-0.2, 0) is 12.6 Å². The highest BCUT2D eigenvalue weighted by atomic mass is 35.5. The van der Waals surface area contributed by atoms with Crippen molar-refractivity contribution in [2.45, 2.75) is 18.1 Å². The number of fused-ring (bicyclic) bond motifs is 1. The first-order chi connectivity index (χ1) is 15.7. The van der Waals surface area contributed by atoms with Gasteiger partial charge in [0.15, 0.2) is 5.82 Å². The van der Waals surface area contributed by atoms with Gasteiger partial charge in [0.05, 0.1) is 48.9 Å². The Bertz CT molecular complexity index is 1370. The first-order valence-electron chi connectivity index (χ1n) is 9.92. The highest BCUT2D eigenvalue weighted by molar-refractivity contribution is 6.30. The molecule has 0 radical (unpaired) electrons. The molecule has 0 aliphatic carbocycles. The molecule has 5 heterocycles. The molecule has 1 saturated heterocycles. The van der Waals surface area contributed by atoms with Crippen LogP contribution in [0.4, 0.5) is 13.2 Å². The number of hydrogen-bond donors (Lipinski definition) is 0. The van der Waals surface area contributed by atoms with E-state index in [0.29, 0.717) is 27.9 Å². The standard InChI is InChI=1S/C20H17ClF3N9/c1-30-8-13(5-27-30)15-4-17-26-7-16(21)33(17)18(29-15)14-6-28-32(9-14)19(2-3-25)10-31(11-19)12-20(22,23)24/h4-9H,2,10-12H2,1H3. The number of imidazole rings is 1. The van der Waals surface area contributed by atoms with Gasteiger partial charge in [-0.3, -0.25) is 18.7 Å². The van der Waals surface area contributed by atoms with E-state index in [9.17, 15) is 18.4 Å². The van der Waals surface area contributed by atoms with Gasteiger partial charge >= 0.3 is 6.18 Å². The zero-order valence-corrected chi connectivity index (χ0v) is 18.1. The largest absolute Gasteiger partial charge is 0.401 e. The van der Waals surface area contributed by atoms with E-state index in [1.165, 1.54) is 11.1 Å². The van der Waals surface area contributed by atoms with Crippen LogP contribution < -0.4 is 0 Å². The summed E-state index contributed by atoms with van der Waals surface area (Å²) in [6, 6.07) is 3.87. The zero-order chi connectivity index (χ0) is 23.4. The summed E-state index contributed by atoms with van der Waals surface area (Å²) in [6.07, 6.45) is 4.01. The van der Waals surface area contributed by atoms with E-state index in [1.807, 2.05) is 6.20 Å². The van der Waals surface area contributed by atoms with Gasteiger partial charge in [-0.2, -0.15) is 28.6 Å². The number of nitriles is 1. The number of aromatic nitrogens is 7. The van der Waals surface area contributed by atoms with Crippen molar-refractivity contribution >= 4 is 17.2 Å². The molecule has 0 amide bonds. The lowest BCUT2D eigenvalue weighted by Crippen LogP contribution is -2.64. The zero-order valence-electron chi connectivity index (χ0n) is 17.3. The van der Waals surface area contributed by atoms with Gasteiger partial charge in [0, 0.05) is 44.2 Å². The van der Waals surface area contributed by atoms with Crippen molar-refractivity contribution in [2.75, 3.05) is 19.6 Å². The van der Waals surface area contributed by atoms with Gasteiger partial charge in [-0.05, 0) is 0 Å². The topological polar surface area (TPSA) is 92.9 Å². The second kappa shape index (κ2) is 7.57. The minimum Gasteiger partial charge on any atom is -0.290 e. The average molecular weight is 476 g/mol. The summed E-state index contributed by atoms with van der Waals surface area (Å²) in [5.41, 5.74) is 1.75. The number of nitrogens with zero attached hydrogens (tertiary/aromatic N) is 9. The van der Waals surface area contributed by atoms with Crippen LogP contribution in [0.2, 0.25) is 5.15 Å². The fraction of sp³-hybridized carbons (Fsp3) is 0.350. The maximum Gasteiger partial charge on any atom is 0.401 e. The summed E-state index contributed by atoms with van der Waals surface area (Å²) < 4.78 is 43.2. The summed E-state index contributed by atoms with van der Waals surface area (Å²) in [5.74, 6) is 0.471. The minimum atomic E-state index is -4.30. The normalized spacial score (nSPS) is 16.1. The van der Waals surface area contributed by atoms with E-state index in [0.717, 1.165) is 5.56 Å². The summed E-state index contributed by atoms with van der Waals surface area (Å²) >= 11 is 6.36. The summed E-state index contributed by atoms with van der Waals surface area (Å²) in [4.78, 5) is 10.3. The smallest absolute Gasteiger partial charge is 0.290 e. The maximum atomic E-state index is 12.8. The summed E-state index contributed by atoms with van der Waals surface area (Å²) in [6.45, 7) is -0.870. The van der Waals surface area contributed by atoms with Gasteiger partial charge in [0.2, 0.25) is 0 Å². The minimum absolute atomic E-state index is 0.0346. The van der Waals surface area contributed by atoms with Gasteiger partial charge < -0.3 is 0 Å². The first-order valence-corrected chi connectivity index (χ1v) is 10.3. The first kappa shape index (κ1) is 21.4. The van der Waals surface area contributed by atoms with Crippen molar-refractivity contribution in [1.82, 2.24) is 38.8 Å². The molecule has 33 heavy (non-hydrogen) atoms. The van der Waals surface area contributed by atoms with Crippen LogP contribution in [0, 0.1) is 11.3 Å². The summed E-state index contributed by atoms with van der Waals surface area (Å²) in [7, 11) is 1.80. The van der Waals surface area contributed by atoms with E-state index < -0.39 is 18.3 Å². The van der Waals surface area contributed by atoms with Crippen molar-refractivity contribution in [3.8, 4) is 28.7 Å². The molecule has 0 N–H and O–H groups in total. The van der Waals surface area contributed by atoms with Crippen LogP contribution in [0.3, 0.4) is 0 Å². The molecule has 4 aromatic heterocycles. The predicted molar refractivity (Wildman–Crippen MR) is 112 cm³/mol. The highest BCUT2D eigenvalue weighted by Crippen LogP contribution is 2.36. The fourth-order valence-electron chi connectivity index (χ4n) is 4.20. The second-order valence-corrected chi connectivity index (χ2v) is 8.52. The Morgan fingerprint density at radius 2 is 1.91 bits per heavy atom. The Morgan fingerprint density at radius 3 is 2.58 bits per heavy atom. The van der Waals surface area contributed by atoms with Crippen LogP contribution in [0.15, 0.2) is 37.1 Å². The number of aryl methyl sites for hydroxylation is 1. The van der Waals surface area contributed by atoms with Crippen LogP contribution in [0.25, 0.3) is 28.3 Å². The van der Waals surface area contributed by atoms with E-state index in [-0.39, 0.29) is 19.5 Å². The van der Waals surface area contributed by atoms with Crippen LogP contribution in [0.1, 0.15) is 6.42 Å². The predicted octanol–water partition coefficient (Wildman–Crippen LogP) is 3.13. The molecule has 170 valence electrons. The molecule has 13 heteroatoms. The van der Waals surface area contributed by atoms with Crippen LogP contribution in [0.5, 0.6) is 0 Å². The molecule has 0 spiro atoms. The molecule has 4 aromatic rings. The molecule has 0 unspecified atom stereocenters. The Balaban J connectivity index is 1.54. The number of rotatable bonds is 5. The quantitative estimate of drug-likeness (QED) is 0.440. The maximum absolute atomic E-state index is 12.8. The monoisotopic (exact) mass is 475 g/mol. The third-order valence-electron chi connectivity index (χ3n) is 5.62. The number of hydrogen-bond acceptors (Lipinski definition) is 6. The number of alkyl halides is 3. The van der Waals surface area contributed by atoms with Gasteiger partial charge in [0.1, 0.15) is 16.3 Å². The SMILES string of the molecule is Cn1cc(-c2cc3ncc(Cl)n3c(-c3cnn(C4(CC#N)CN(CC(F)(F)F)C4)c3)n2)cn1. The number of likely N-dealkylation sites (tertiary alicyclic amines) is 1. The van der Waals surface area contributed by atoms with Crippen molar-refractivity contribution in [3.63, 3.8) is 0 Å². The molecule has 0 aromatic carbocycles. The van der Waals surface area contributed by atoms with E-state index in [2.05, 4.69) is 21.3 Å². The van der Waals surface area contributed by atoms with Crippen molar-refractivity contribution in [3.05, 3.63) is 42.2 Å². The van der Waals surface area contributed by atoms with Gasteiger partial charge in [0.25, 0.3) is 0 Å². The Morgan fingerprint density at radius 1 is 1.15 bits per heavy atom. The van der Waals surface area contributed by atoms with Crippen LogP contribution in [-0.4, -0.2) is 64.6 Å². The Hall–Kier alpha value is -3.43. The Labute approximate surface area is 190 Å². The molecule has 5 rings (SSSR count). The lowest BCUT2D eigenvalue weighted by Gasteiger charge is -2.49. The highest BCUT2D eigenvalue weighted by Gasteiger charge is 2.48. The molecule has 0 saturated carbocycles. The lowest BCUT2D eigenvalue weighted by molar-refractivity contribution is -0.167.